The van der Waals surface area contributed by atoms with Crippen LogP contribution in [0, 0.1) is 0 Å². The van der Waals surface area contributed by atoms with Crippen molar-refractivity contribution in [1.82, 2.24) is 5.32 Å². The molecule has 0 spiro atoms. The highest BCUT2D eigenvalue weighted by Crippen LogP contribution is 2.25. The molecule has 18 heavy (non-hydrogen) atoms. The molecule has 0 aliphatic carbocycles. The van der Waals surface area contributed by atoms with Crippen LogP contribution >= 0.6 is 15.9 Å². The lowest BCUT2D eigenvalue weighted by Gasteiger charge is -2.09. The monoisotopic (exact) mass is 317 g/mol. The summed E-state index contributed by atoms with van der Waals surface area (Å²) in [4.78, 5) is 21.5. The number of carbonyl (C=O) groups is 2. The van der Waals surface area contributed by atoms with Crippen molar-refractivity contribution in [1.29, 1.82) is 0 Å². The Morgan fingerprint density at radius 1 is 1.44 bits per heavy atom. The molecule has 7 heteroatoms. The van der Waals surface area contributed by atoms with Gasteiger partial charge in [0.1, 0.15) is 12.4 Å². The number of carbonyl (C=O) groups excluding carboxylic acids is 1. The molecular formula is C11H12BrNO5. The van der Waals surface area contributed by atoms with Crippen LogP contribution in [0.3, 0.4) is 0 Å². The third-order valence-electron chi connectivity index (χ3n) is 1.99. The van der Waals surface area contributed by atoms with E-state index in [1.54, 1.807) is 6.07 Å². The Morgan fingerprint density at radius 3 is 2.78 bits per heavy atom. The zero-order valence-corrected chi connectivity index (χ0v) is 11.2. The zero-order valence-electron chi connectivity index (χ0n) is 9.60. The first kappa shape index (κ1) is 14.3. The van der Waals surface area contributed by atoms with Gasteiger partial charge in [0, 0.05) is 0 Å². The van der Waals surface area contributed by atoms with E-state index in [0.717, 1.165) is 0 Å². The van der Waals surface area contributed by atoms with Crippen molar-refractivity contribution >= 4 is 28.0 Å². The molecular weight excluding hydrogens is 306 g/mol. The molecule has 0 bridgehead atoms. The number of carboxylic acids is 1. The van der Waals surface area contributed by atoms with Gasteiger partial charge in [-0.2, -0.15) is 0 Å². The lowest BCUT2D eigenvalue weighted by molar-refractivity contribution is 0.0696. The van der Waals surface area contributed by atoms with Crippen molar-refractivity contribution in [2.45, 2.75) is 0 Å². The van der Waals surface area contributed by atoms with Crippen LogP contribution in [-0.2, 0) is 4.74 Å². The minimum absolute atomic E-state index is 0.133. The van der Waals surface area contributed by atoms with Crippen molar-refractivity contribution in [3.05, 3.63) is 28.2 Å². The summed E-state index contributed by atoms with van der Waals surface area (Å²) in [7, 11) is 1.27. The summed E-state index contributed by atoms with van der Waals surface area (Å²) in [6, 6.07) is 4.46. The highest BCUT2D eigenvalue weighted by Gasteiger charge is 2.08. The van der Waals surface area contributed by atoms with Gasteiger partial charge in [0.25, 0.3) is 0 Å². The number of hydrogen-bond acceptors (Lipinski definition) is 4. The fourth-order valence-electron chi connectivity index (χ4n) is 1.13. The average Bonchev–Trinajstić information content (AvgIpc) is 2.35. The summed E-state index contributed by atoms with van der Waals surface area (Å²) in [6.45, 7) is 0.465. The first-order chi connectivity index (χ1) is 8.54. The fourth-order valence-corrected chi connectivity index (χ4v) is 1.49. The van der Waals surface area contributed by atoms with Gasteiger partial charge in [-0.05, 0) is 34.1 Å². The maximum atomic E-state index is 10.8. The van der Waals surface area contributed by atoms with Crippen molar-refractivity contribution in [3.8, 4) is 5.75 Å². The molecule has 0 aromatic heterocycles. The Kier molecular flexibility index (Phi) is 5.44. The first-order valence-electron chi connectivity index (χ1n) is 5.02. The van der Waals surface area contributed by atoms with Crippen LogP contribution in [0.25, 0.3) is 0 Å². The molecule has 1 aromatic rings. The van der Waals surface area contributed by atoms with E-state index in [4.69, 9.17) is 9.84 Å². The van der Waals surface area contributed by atoms with Gasteiger partial charge < -0.3 is 19.9 Å². The molecule has 0 aliphatic rings. The normalized spacial score (nSPS) is 9.67. The van der Waals surface area contributed by atoms with E-state index >= 15 is 0 Å². The Labute approximate surface area is 112 Å². The summed E-state index contributed by atoms with van der Waals surface area (Å²) in [5, 5.41) is 11.3. The first-order valence-corrected chi connectivity index (χ1v) is 5.81. The lowest BCUT2D eigenvalue weighted by atomic mass is 10.2. The minimum atomic E-state index is -1.03. The number of nitrogens with one attached hydrogen (secondary N) is 1. The molecule has 6 nitrogen and oxygen atoms in total. The topological polar surface area (TPSA) is 84.9 Å². The van der Waals surface area contributed by atoms with Crippen LogP contribution in [0.5, 0.6) is 5.75 Å². The van der Waals surface area contributed by atoms with Gasteiger partial charge in [-0.15, -0.1) is 0 Å². The average molecular weight is 318 g/mol. The highest BCUT2D eigenvalue weighted by atomic mass is 79.9. The molecule has 0 saturated carbocycles. The standard InChI is InChI=1S/C11H12BrNO5/c1-17-11(16)13-4-5-18-9-6-7(10(14)15)2-3-8(9)12/h2-3,6H,4-5H2,1H3,(H,13,16)(H,14,15). The molecule has 1 aromatic carbocycles. The number of ether oxygens (including phenoxy) is 2. The fraction of sp³-hybridized carbons (Fsp3) is 0.273. The Morgan fingerprint density at radius 2 is 2.17 bits per heavy atom. The molecule has 0 unspecified atom stereocenters. The minimum Gasteiger partial charge on any atom is -0.491 e. The second-order valence-electron chi connectivity index (χ2n) is 3.22. The van der Waals surface area contributed by atoms with E-state index in [0.29, 0.717) is 10.2 Å². The van der Waals surface area contributed by atoms with Crippen LogP contribution in [0.1, 0.15) is 10.4 Å². The van der Waals surface area contributed by atoms with Gasteiger partial charge in [0.05, 0.1) is 23.7 Å². The molecule has 0 aliphatic heterocycles. The number of benzene rings is 1. The van der Waals surface area contributed by atoms with Gasteiger partial charge in [0.2, 0.25) is 0 Å². The third-order valence-corrected chi connectivity index (χ3v) is 2.65. The largest absolute Gasteiger partial charge is 0.491 e. The van der Waals surface area contributed by atoms with Crippen molar-refractivity contribution < 1.29 is 24.2 Å². The maximum Gasteiger partial charge on any atom is 0.406 e. The second kappa shape index (κ2) is 6.85. The molecule has 0 saturated heterocycles. The number of carboxylic acid groups (broad SMARTS) is 1. The van der Waals surface area contributed by atoms with Crippen LogP contribution in [0.4, 0.5) is 4.79 Å². The smallest absolute Gasteiger partial charge is 0.406 e. The van der Waals surface area contributed by atoms with Gasteiger partial charge in [-0.25, -0.2) is 9.59 Å². The second-order valence-corrected chi connectivity index (χ2v) is 4.07. The van der Waals surface area contributed by atoms with Crippen molar-refractivity contribution in [3.63, 3.8) is 0 Å². The third kappa shape index (κ3) is 4.25. The predicted octanol–water partition coefficient (Wildman–Crippen LogP) is 1.88. The van der Waals surface area contributed by atoms with Crippen LogP contribution in [0.2, 0.25) is 0 Å². The number of aromatic carboxylic acids is 1. The molecule has 0 radical (unpaired) electrons. The van der Waals surface area contributed by atoms with E-state index in [1.165, 1.54) is 19.2 Å². The van der Waals surface area contributed by atoms with Crippen molar-refractivity contribution in [2.24, 2.45) is 0 Å². The Balaban J connectivity index is 2.53. The molecule has 1 amide bonds. The summed E-state index contributed by atoms with van der Waals surface area (Å²) < 4.78 is 10.4. The van der Waals surface area contributed by atoms with Crippen molar-refractivity contribution in [2.75, 3.05) is 20.3 Å². The predicted molar refractivity (Wildman–Crippen MR) is 67.0 cm³/mol. The molecule has 1 rings (SSSR count). The van der Waals surface area contributed by atoms with Gasteiger partial charge in [0.15, 0.2) is 0 Å². The molecule has 0 atom stereocenters. The number of hydrogen-bond donors (Lipinski definition) is 2. The number of methoxy groups -OCH3 is 1. The van der Waals surface area contributed by atoms with Gasteiger partial charge >= 0.3 is 12.1 Å². The number of halogens is 1. The lowest BCUT2D eigenvalue weighted by Crippen LogP contribution is -2.27. The zero-order chi connectivity index (χ0) is 13.5. The van der Waals surface area contributed by atoms with Crippen LogP contribution in [0.15, 0.2) is 22.7 Å². The van der Waals surface area contributed by atoms with E-state index in [-0.39, 0.29) is 18.7 Å². The molecule has 0 fully saturated rings. The van der Waals surface area contributed by atoms with Crippen LogP contribution in [-0.4, -0.2) is 37.4 Å². The Bertz CT molecular complexity index is 449. The van der Waals surface area contributed by atoms with E-state index < -0.39 is 12.1 Å². The summed E-state index contributed by atoms with van der Waals surface area (Å²) in [5.74, 6) is -0.624. The molecule has 2 N–H and O–H groups in total. The quantitative estimate of drug-likeness (QED) is 0.810. The Hall–Kier alpha value is -1.76. The SMILES string of the molecule is COC(=O)NCCOc1cc(C(=O)O)ccc1Br. The van der Waals surface area contributed by atoms with Gasteiger partial charge in [-0.1, -0.05) is 0 Å². The van der Waals surface area contributed by atoms with E-state index in [2.05, 4.69) is 26.0 Å². The number of rotatable bonds is 5. The maximum absolute atomic E-state index is 10.8. The molecule has 98 valence electrons. The van der Waals surface area contributed by atoms with Crippen LogP contribution < -0.4 is 10.1 Å². The van der Waals surface area contributed by atoms with Gasteiger partial charge in [-0.3, -0.25) is 0 Å². The number of amides is 1. The van der Waals surface area contributed by atoms with E-state index in [1.807, 2.05) is 0 Å². The summed E-state index contributed by atoms with van der Waals surface area (Å²) in [6.07, 6.45) is -0.544. The number of alkyl carbamates (subject to hydrolysis) is 1. The molecule has 0 heterocycles. The highest BCUT2D eigenvalue weighted by molar-refractivity contribution is 9.10. The summed E-state index contributed by atoms with van der Waals surface area (Å²) >= 11 is 3.24. The van der Waals surface area contributed by atoms with E-state index in [9.17, 15) is 9.59 Å². The summed E-state index contributed by atoms with van der Waals surface area (Å²) in [5.41, 5.74) is 0.133.